The van der Waals surface area contributed by atoms with Gasteiger partial charge < -0.3 is 4.90 Å². The summed E-state index contributed by atoms with van der Waals surface area (Å²) in [6, 6.07) is 1.88. The van der Waals surface area contributed by atoms with E-state index in [-0.39, 0.29) is 5.91 Å². The SMILES string of the molecule is Cc1cc(C)c(C(=O)N(C)C)c(C)c1C=O. The van der Waals surface area contributed by atoms with E-state index >= 15 is 0 Å². The van der Waals surface area contributed by atoms with Crippen molar-refractivity contribution in [3.63, 3.8) is 0 Å². The predicted molar refractivity (Wildman–Crippen MR) is 64.1 cm³/mol. The maximum absolute atomic E-state index is 12.0. The molecule has 0 aliphatic carbocycles. The Morgan fingerprint density at radius 3 is 2.19 bits per heavy atom. The molecule has 86 valence electrons. The molecule has 0 radical (unpaired) electrons. The first kappa shape index (κ1) is 12.4. The highest BCUT2D eigenvalue weighted by molar-refractivity contribution is 5.99. The van der Waals surface area contributed by atoms with Crippen LogP contribution in [0, 0.1) is 20.8 Å². The molecule has 1 amide bonds. The Bertz CT molecular complexity index is 448. The third-order valence-electron chi connectivity index (χ3n) is 2.77. The molecule has 16 heavy (non-hydrogen) atoms. The minimum Gasteiger partial charge on any atom is -0.345 e. The molecule has 1 aromatic carbocycles. The van der Waals surface area contributed by atoms with Crippen LogP contribution in [0.2, 0.25) is 0 Å². The Morgan fingerprint density at radius 2 is 1.75 bits per heavy atom. The van der Waals surface area contributed by atoms with Crippen LogP contribution < -0.4 is 0 Å². The average Bonchev–Trinajstić information content (AvgIpc) is 2.17. The zero-order valence-corrected chi connectivity index (χ0v) is 10.4. The van der Waals surface area contributed by atoms with Gasteiger partial charge in [0.05, 0.1) is 0 Å². The summed E-state index contributed by atoms with van der Waals surface area (Å²) < 4.78 is 0. The Labute approximate surface area is 96.1 Å². The van der Waals surface area contributed by atoms with Crippen molar-refractivity contribution in [2.75, 3.05) is 14.1 Å². The molecule has 0 N–H and O–H groups in total. The normalized spacial score (nSPS) is 10.1. The molecule has 0 aliphatic heterocycles. The number of benzene rings is 1. The molecule has 0 aliphatic rings. The number of aldehydes is 1. The van der Waals surface area contributed by atoms with E-state index in [1.54, 1.807) is 14.1 Å². The van der Waals surface area contributed by atoms with Crippen molar-refractivity contribution >= 4 is 12.2 Å². The van der Waals surface area contributed by atoms with Crippen LogP contribution in [0.25, 0.3) is 0 Å². The minimum atomic E-state index is -0.0573. The van der Waals surface area contributed by atoms with Gasteiger partial charge >= 0.3 is 0 Å². The number of rotatable bonds is 2. The molecule has 0 unspecified atom stereocenters. The van der Waals surface area contributed by atoms with E-state index in [1.807, 2.05) is 26.8 Å². The van der Waals surface area contributed by atoms with Gasteiger partial charge in [-0.2, -0.15) is 0 Å². The van der Waals surface area contributed by atoms with Crippen molar-refractivity contribution in [1.29, 1.82) is 0 Å². The molecule has 0 aromatic heterocycles. The number of hydrogen-bond acceptors (Lipinski definition) is 2. The third-order valence-corrected chi connectivity index (χ3v) is 2.77. The van der Waals surface area contributed by atoms with E-state index in [0.717, 1.165) is 23.0 Å². The van der Waals surface area contributed by atoms with Crippen LogP contribution in [0.1, 0.15) is 37.4 Å². The summed E-state index contributed by atoms with van der Waals surface area (Å²) >= 11 is 0. The molecular formula is C13H17NO2. The minimum absolute atomic E-state index is 0.0573. The smallest absolute Gasteiger partial charge is 0.253 e. The van der Waals surface area contributed by atoms with E-state index < -0.39 is 0 Å². The van der Waals surface area contributed by atoms with E-state index in [0.29, 0.717) is 11.1 Å². The van der Waals surface area contributed by atoms with Gasteiger partial charge in [-0.05, 0) is 37.5 Å². The quantitative estimate of drug-likeness (QED) is 0.714. The summed E-state index contributed by atoms with van der Waals surface area (Å²) in [5, 5.41) is 0. The van der Waals surface area contributed by atoms with Gasteiger partial charge in [0.25, 0.3) is 5.91 Å². The van der Waals surface area contributed by atoms with Crippen molar-refractivity contribution in [3.05, 3.63) is 33.9 Å². The number of hydrogen-bond donors (Lipinski definition) is 0. The first-order valence-corrected chi connectivity index (χ1v) is 5.17. The molecule has 0 saturated heterocycles. The molecule has 0 bridgehead atoms. The van der Waals surface area contributed by atoms with Gasteiger partial charge in [0.1, 0.15) is 0 Å². The lowest BCUT2D eigenvalue weighted by Gasteiger charge is -2.17. The van der Waals surface area contributed by atoms with Gasteiger partial charge in [0.15, 0.2) is 6.29 Å². The first-order valence-electron chi connectivity index (χ1n) is 5.17. The molecule has 0 atom stereocenters. The van der Waals surface area contributed by atoms with Crippen LogP contribution >= 0.6 is 0 Å². The van der Waals surface area contributed by atoms with E-state index in [1.165, 1.54) is 4.90 Å². The number of carbonyl (C=O) groups excluding carboxylic acids is 2. The monoisotopic (exact) mass is 219 g/mol. The van der Waals surface area contributed by atoms with Crippen molar-refractivity contribution < 1.29 is 9.59 Å². The van der Waals surface area contributed by atoms with Crippen LogP contribution in [0.15, 0.2) is 6.07 Å². The molecule has 0 saturated carbocycles. The summed E-state index contributed by atoms with van der Waals surface area (Å²) in [5.74, 6) is -0.0573. The predicted octanol–water partition coefficient (Wildman–Crippen LogP) is 2.13. The molecule has 1 aromatic rings. The summed E-state index contributed by atoms with van der Waals surface area (Å²) in [6.07, 6.45) is 0.816. The molecule has 0 heterocycles. The lowest BCUT2D eigenvalue weighted by atomic mass is 9.93. The van der Waals surface area contributed by atoms with Gasteiger partial charge in [0, 0.05) is 25.2 Å². The summed E-state index contributed by atoms with van der Waals surface area (Å²) in [6.45, 7) is 5.60. The molecule has 3 heteroatoms. The number of carbonyl (C=O) groups is 2. The van der Waals surface area contributed by atoms with Crippen LogP contribution in [-0.2, 0) is 0 Å². The van der Waals surface area contributed by atoms with Gasteiger partial charge in [-0.1, -0.05) is 6.07 Å². The van der Waals surface area contributed by atoms with Crippen LogP contribution in [0.3, 0.4) is 0 Å². The fourth-order valence-electron chi connectivity index (χ4n) is 1.93. The standard InChI is InChI=1S/C13H17NO2/c1-8-6-9(2)12(13(16)14(4)5)10(3)11(8)7-15/h6-7H,1-5H3. The summed E-state index contributed by atoms with van der Waals surface area (Å²) in [4.78, 5) is 24.5. The Hall–Kier alpha value is -1.64. The summed E-state index contributed by atoms with van der Waals surface area (Å²) in [5.41, 5.74) is 3.86. The fraction of sp³-hybridized carbons (Fsp3) is 0.385. The number of nitrogens with zero attached hydrogens (tertiary/aromatic N) is 1. The van der Waals surface area contributed by atoms with Crippen molar-refractivity contribution in [1.82, 2.24) is 4.90 Å². The van der Waals surface area contributed by atoms with Crippen molar-refractivity contribution in [2.24, 2.45) is 0 Å². The Morgan fingerprint density at radius 1 is 1.19 bits per heavy atom. The van der Waals surface area contributed by atoms with Crippen molar-refractivity contribution in [3.8, 4) is 0 Å². The van der Waals surface area contributed by atoms with Crippen LogP contribution in [0.4, 0.5) is 0 Å². The maximum Gasteiger partial charge on any atom is 0.253 e. The molecular weight excluding hydrogens is 202 g/mol. The van der Waals surface area contributed by atoms with E-state index in [2.05, 4.69) is 0 Å². The number of amides is 1. The first-order chi connectivity index (χ1) is 7.40. The van der Waals surface area contributed by atoms with Crippen molar-refractivity contribution in [2.45, 2.75) is 20.8 Å². The van der Waals surface area contributed by atoms with Gasteiger partial charge in [-0.25, -0.2) is 0 Å². The Kier molecular flexibility index (Phi) is 3.48. The molecule has 3 nitrogen and oxygen atoms in total. The highest BCUT2D eigenvalue weighted by Crippen LogP contribution is 2.21. The van der Waals surface area contributed by atoms with Gasteiger partial charge in [-0.15, -0.1) is 0 Å². The second-order valence-electron chi connectivity index (χ2n) is 4.24. The largest absolute Gasteiger partial charge is 0.345 e. The second kappa shape index (κ2) is 4.47. The van der Waals surface area contributed by atoms with Gasteiger partial charge in [-0.3, -0.25) is 9.59 Å². The van der Waals surface area contributed by atoms with Gasteiger partial charge in [0.2, 0.25) is 0 Å². The van der Waals surface area contributed by atoms with Crippen LogP contribution in [-0.4, -0.2) is 31.2 Å². The lowest BCUT2D eigenvalue weighted by Crippen LogP contribution is -2.24. The molecule has 1 rings (SSSR count). The van der Waals surface area contributed by atoms with E-state index in [9.17, 15) is 9.59 Å². The number of aryl methyl sites for hydroxylation is 2. The second-order valence-corrected chi connectivity index (χ2v) is 4.24. The van der Waals surface area contributed by atoms with Crippen LogP contribution in [0.5, 0.6) is 0 Å². The average molecular weight is 219 g/mol. The molecule has 0 spiro atoms. The zero-order chi connectivity index (χ0) is 12.5. The van der Waals surface area contributed by atoms with E-state index in [4.69, 9.17) is 0 Å². The topological polar surface area (TPSA) is 37.4 Å². The zero-order valence-electron chi connectivity index (χ0n) is 10.4. The molecule has 0 fully saturated rings. The third kappa shape index (κ3) is 1.98. The highest BCUT2D eigenvalue weighted by Gasteiger charge is 2.17. The fourth-order valence-corrected chi connectivity index (χ4v) is 1.93. The maximum atomic E-state index is 12.0. The highest BCUT2D eigenvalue weighted by atomic mass is 16.2. The Balaban J connectivity index is 3.51. The lowest BCUT2D eigenvalue weighted by molar-refractivity contribution is 0.0826. The summed E-state index contributed by atoms with van der Waals surface area (Å²) in [7, 11) is 3.42.